The van der Waals surface area contributed by atoms with Crippen molar-refractivity contribution in [3.63, 3.8) is 0 Å². The number of halogens is 2. The van der Waals surface area contributed by atoms with Gasteiger partial charge in [0, 0.05) is 24.1 Å². The molecule has 160 valence electrons. The van der Waals surface area contributed by atoms with Crippen LogP contribution >= 0.6 is 23.2 Å². The fraction of sp³-hybridized carbons (Fsp3) is 0.0476. The average Bonchev–Trinajstić information content (AvgIpc) is 3.19. The number of urea groups is 1. The van der Waals surface area contributed by atoms with Crippen LogP contribution in [0.1, 0.15) is 10.4 Å². The van der Waals surface area contributed by atoms with Crippen molar-refractivity contribution in [3.8, 4) is 17.6 Å². The van der Waals surface area contributed by atoms with Crippen LogP contribution in [0.15, 0.2) is 53.9 Å². The zero-order valence-electron chi connectivity index (χ0n) is 16.5. The largest absolute Gasteiger partial charge is 0.454 e. The molecule has 32 heavy (non-hydrogen) atoms. The number of ether oxygens (including phenoxy) is 1. The molecule has 0 atom stereocenters. The summed E-state index contributed by atoms with van der Waals surface area (Å²) in [4.78, 5) is 27.3. The Bertz CT molecular complexity index is 1350. The third-order valence-corrected chi connectivity index (χ3v) is 5.18. The first-order valence-electron chi connectivity index (χ1n) is 9.11. The summed E-state index contributed by atoms with van der Waals surface area (Å²) >= 11 is 12.8. The number of rotatable bonds is 4. The molecule has 0 fully saturated rings. The van der Waals surface area contributed by atoms with Crippen molar-refractivity contribution < 1.29 is 14.3 Å². The van der Waals surface area contributed by atoms with Crippen molar-refractivity contribution in [1.29, 1.82) is 5.26 Å². The molecule has 2 aromatic carbocycles. The molecular weight excluding hydrogens is 455 g/mol. The standard InChI is InChI=1S/C21H14Cl2N6O3/c1-10-18(8-24)28-29(21(31)27-10)11-5-15(22)19(16(23)6-11)32-12-3-4-17-13(7-12)14(9-26-17)20(30)25-2/h3-7,9,26H,1H2,2H3,(H,25,30)(H,27,31). The van der Waals surface area contributed by atoms with Gasteiger partial charge in [-0.1, -0.05) is 29.8 Å². The highest BCUT2D eigenvalue weighted by Gasteiger charge is 2.26. The monoisotopic (exact) mass is 468 g/mol. The van der Waals surface area contributed by atoms with Crippen molar-refractivity contribution in [1.82, 2.24) is 15.6 Å². The number of carbonyl (C=O) groups excluding carboxylic acids is 2. The highest BCUT2D eigenvalue weighted by Crippen LogP contribution is 2.40. The highest BCUT2D eigenvalue weighted by atomic mass is 35.5. The molecule has 3 aromatic rings. The van der Waals surface area contributed by atoms with Crippen LogP contribution in [0.3, 0.4) is 0 Å². The minimum Gasteiger partial charge on any atom is -0.454 e. The van der Waals surface area contributed by atoms with Crippen LogP contribution in [-0.4, -0.2) is 29.7 Å². The van der Waals surface area contributed by atoms with Crippen molar-refractivity contribution in [2.75, 3.05) is 12.1 Å². The summed E-state index contributed by atoms with van der Waals surface area (Å²) < 4.78 is 5.88. The van der Waals surface area contributed by atoms with Gasteiger partial charge in [0.15, 0.2) is 11.5 Å². The maximum Gasteiger partial charge on any atom is 0.347 e. The van der Waals surface area contributed by atoms with Crippen LogP contribution in [0.4, 0.5) is 10.5 Å². The summed E-state index contributed by atoms with van der Waals surface area (Å²) in [6, 6.07) is 9.23. The lowest BCUT2D eigenvalue weighted by Gasteiger charge is -2.24. The number of hydrazone groups is 1. The quantitative estimate of drug-likeness (QED) is 0.519. The van der Waals surface area contributed by atoms with Crippen molar-refractivity contribution >= 4 is 57.4 Å². The number of fused-ring (bicyclic) bond motifs is 1. The van der Waals surface area contributed by atoms with Gasteiger partial charge in [-0.15, -0.1) is 0 Å². The molecule has 0 unspecified atom stereocenters. The molecule has 0 radical (unpaired) electrons. The van der Waals surface area contributed by atoms with Crippen LogP contribution in [0.25, 0.3) is 10.9 Å². The number of anilines is 1. The number of aromatic amines is 1. The second kappa shape index (κ2) is 8.26. The molecule has 3 amide bonds. The van der Waals surface area contributed by atoms with Gasteiger partial charge in [0.05, 0.1) is 27.0 Å². The van der Waals surface area contributed by atoms with Gasteiger partial charge in [0.2, 0.25) is 0 Å². The van der Waals surface area contributed by atoms with Gasteiger partial charge < -0.3 is 20.4 Å². The molecule has 3 N–H and O–H groups in total. The Morgan fingerprint density at radius 1 is 1.28 bits per heavy atom. The number of benzene rings is 2. The van der Waals surface area contributed by atoms with Crippen molar-refractivity contribution in [3.05, 3.63) is 64.4 Å². The Morgan fingerprint density at radius 2 is 2.00 bits per heavy atom. The Hall–Kier alpha value is -4.00. The van der Waals surface area contributed by atoms with E-state index < -0.39 is 6.03 Å². The van der Waals surface area contributed by atoms with E-state index in [1.54, 1.807) is 31.4 Å². The van der Waals surface area contributed by atoms with Crippen LogP contribution in [0.5, 0.6) is 11.5 Å². The van der Waals surface area contributed by atoms with Gasteiger partial charge in [0.1, 0.15) is 11.8 Å². The number of amides is 3. The van der Waals surface area contributed by atoms with Crippen LogP contribution in [0.2, 0.25) is 10.0 Å². The summed E-state index contributed by atoms with van der Waals surface area (Å²) in [5.74, 6) is 0.309. The highest BCUT2D eigenvalue weighted by molar-refractivity contribution is 6.37. The number of carbonyl (C=O) groups is 2. The number of nitrogens with one attached hydrogen (secondary N) is 3. The normalized spacial score (nSPS) is 13.4. The van der Waals surface area contributed by atoms with E-state index in [2.05, 4.69) is 27.3 Å². The predicted octanol–water partition coefficient (Wildman–Crippen LogP) is 4.55. The van der Waals surface area contributed by atoms with E-state index in [4.69, 9.17) is 33.2 Å². The molecule has 0 spiro atoms. The fourth-order valence-electron chi connectivity index (χ4n) is 3.08. The molecule has 0 bridgehead atoms. The average molecular weight is 469 g/mol. The van der Waals surface area contributed by atoms with E-state index in [1.165, 1.54) is 12.1 Å². The fourth-order valence-corrected chi connectivity index (χ4v) is 3.63. The molecule has 1 aromatic heterocycles. The first-order valence-corrected chi connectivity index (χ1v) is 9.87. The minimum atomic E-state index is -0.616. The topological polar surface area (TPSA) is 123 Å². The number of allylic oxidation sites excluding steroid dienone is 1. The minimum absolute atomic E-state index is 0.0519. The zero-order valence-corrected chi connectivity index (χ0v) is 18.0. The molecule has 0 saturated carbocycles. The van der Waals surface area contributed by atoms with Gasteiger partial charge in [-0.05, 0) is 30.3 Å². The van der Waals surface area contributed by atoms with Crippen LogP contribution < -0.4 is 20.4 Å². The Morgan fingerprint density at radius 3 is 2.66 bits per heavy atom. The molecule has 2 heterocycles. The van der Waals surface area contributed by atoms with E-state index in [-0.39, 0.29) is 38.8 Å². The van der Waals surface area contributed by atoms with Gasteiger partial charge >= 0.3 is 6.03 Å². The Balaban J connectivity index is 1.68. The van der Waals surface area contributed by atoms with Crippen molar-refractivity contribution in [2.24, 2.45) is 5.10 Å². The smallest absolute Gasteiger partial charge is 0.347 e. The summed E-state index contributed by atoms with van der Waals surface area (Å²) in [6.45, 7) is 3.57. The molecule has 11 heteroatoms. The van der Waals surface area contributed by atoms with Crippen LogP contribution in [-0.2, 0) is 0 Å². The maximum atomic E-state index is 12.3. The number of aromatic nitrogens is 1. The summed E-state index contributed by atoms with van der Waals surface area (Å²) in [5.41, 5.74) is 1.50. The number of nitriles is 1. The third kappa shape index (κ3) is 3.73. The van der Waals surface area contributed by atoms with E-state index >= 15 is 0 Å². The zero-order chi connectivity index (χ0) is 23.0. The lowest BCUT2D eigenvalue weighted by atomic mass is 10.1. The predicted molar refractivity (Wildman–Crippen MR) is 121 cm³/mol. The van der Waals surface area contributed by atoms with E-state index in [1.807, 2.05) is 6.07 Å². The molecule has 1 aliphatic rings. The maximum absolute atomic E-state index is 12.3. The molecule has 0 saturated heterocycles. The molecule has 4 rings (SSSR count). The van der Waals surface area contributed by atoms with Gasteiger partial charge in [-0.2, -0.15) is 15.4 Å². The summed E-state index contributed by atoms with van der Waals surface area (Å²) in [6.07, 6.45) is 1.61. The first-order chi connectivity index (χ1) is 15.3. The van der Waals surface area contributed by atoms with E-state index in [0.29, 0.717) is 16.7 Å². The van der Waals surface area contributed by atoms with Crippen molar-refractivity contribution in [2.45, 2.75) is 0 Å². The van der Waals surface area contributed by atoms with E-state index in [9.17, 15) is 9.59 Å². The molecule has 0 aliphatic carbocycles. The Kier molecular flexibility index (Phi) is 5.48. The lowest BCUT2D eigenvalue weighted by molar-refractivity contribution is 0.0964. The second-order valence-corrected chi connectivity index (χ2v) is 7.42. The summed E-state index contributed by atoms with van der Waals surface area (Å²) in [5, 5.41) is 20.0. The number of nitrogens with zero attached hydrogens (tertiary/aromatic N) is 3. The SMILES string of the molecule is C=C1NC(=O)N(c2cc(Cl)c(Oc3ccc4[nH]cc(C(=O)NC)c4c3)c(Cl)c2)N=C1C#N. The van der Waals surface area contributed by atoms with Gasteiger partial charge in [0.25, 0.3) is 5.91 Å². The first kappa shape index (κ1) is 21.2. The lowest BCUT2D eigenvalue weighted by Crippen LogP contribution is -2.42. The Labute approximate surface area is 191 Å². The third-order valence-electron chi connectivity index (χ3n) is 4.61. The molecule has 1 aliphatic heterocycles. The molecule has 9 nitrogen and oxygen atoms in total. The number of hydrogen-bond acceptors (Lipinski definition) is 5. The van der Waals surface area contributed by atoms with E-state index in [0.717, 1.165) is 10.5 Å². The van der Waals surface area contributed by atoms with Gasteiger partial charge in [-0.25, -0.2) is 4.79 Å². The molecular formula is C21H14Cl2N6O3. The van der Waals surface area contributed by atoms with Crippen LogP contribution in [0, 0.1) is 11.3 Å². The summed E-state index contributed by atoms with van der Waals surface area (Å²) in [7, 11) is 1.55. The second-order valence-electron chi connectivity index (χ2n) is 6.61. The number of H-pyrrole nitrogens is 1. The number of hydrogen-bond donors (Lipinski definition) is 3. The van der Waals surface area contributed by atoms with Gasteiger partial charge in [-0.3, -0.25) is 4.79 Å².